The fourth-order valence-corrected chi connectivity index (χ4v) is 2.14. The van der Waals surface area contributed by atoms with Crippen LogP contribution < -0.4 is 10.6 Å². The Morgan fingerprint density at radius 2 is 1.95 bits per heavy atom. The first-order valence-electron chi connectivity index (χ1n) is 7.89. The van der Waals surface area contributed by atoms with Crippen LogP contribution in [0.3, 0.4) is 0 Å². The first-order chi connectivity index (χ1) is 9.06. The van der Waals surface area contributed by atoms with Crippen LogP contribution in [0, 0.1) is 11.3 Å². The Morgan fingerprint density at radius 3 is 2.68 bits per heavy atom. The Labute approximate surface area is 119 Å². The van der Waals surface area contributed by atoms with Crippen LogP contribution in [-0.2, 0) is 0 Å². The van der Waals surface area contributed by atoms with Gasteiger partial charge in [0.25, 0.3) is 0 Å². The summed E-state index contributed by atoms with van der Waals surface area (Å²) in [5.74, 6) is 0.638. The molecular formula is C17H32N2. The van der Waals surface area contributed by atoms with Gasteiger partial charge < -0.3 is 10.6 Å². The Bertz CT molecular complexity index is 302. The number of hydrogen-bond acceptors (Lipinski definition) is 2. The van der Waals surface area contributed by atoms with E-state index in [2.05, 4.69) is 56.6 Å². The van der Waals surface area contributed by atoms with Crippen molar-refractivity contribution in [3.63, 3.8) is 0 Å². The van der Waals surface area contributed by atoms with E-state index in [0.29, 0.717) is 11.3 Å². The fraction of sp³-hybridized carbons (Fsp3) is 0.765. The summed E-state index contributed by atoms with van der Waals surface area (Å²) >= 11 is 0. The Morgan fingerprint density at radius 1 is 1.21 bits per heavy atom. The van der Waals surface area contributed by atoms with Gasteiger partial charge in [0.15, 0.2) is 0 Å². The molecule has 0 saturated heterocycles. The van der Waals surface area contributed by atoms with Gasteiger partial charge in [-0.2, -0.15) is 0 Å². The lowest BCUT2D eigenvalue weighted by Crippen LogP contribution is -2.22. The summed E-state index contributed by atoms with van der Waals surface area (Å²) in [5, 5.41) is 7.02. The minimum absolute atomic E-state index is 0.377. The number of hydrogen-bond donors (Lipinski definition) is 2. The predicted molar refractivity (Wildman–Crippen MR) is 85.2 cm³/mol. The van der Waals surface area contributed by atoms with E-state index >= 15 is 0 Å². The van der Waals surface area contributed by atoms with Crippen molar-refractivity contribution in [3.8, 4) is 0 Å². The minimum Gasteiger partial charge on any atom is -0.385 e. The maximum Gasteiger partial charge on any atom is 0.0296 e. The van der Waals surface area contributed by atoms with Crippen LogP contribution in [0.15, 0.2) is 23.9 Å². The summed E-state index contributed by atoms with van der Waals surface area (Å²) < 4.78 is 0. The van der Waals surface area contributed by atoms with Gasteiger partial charge in [-0.15, -0.1) is 0 Å². The Balaban J connectivity index is 2.19. The second kappa shape index (κ2) is 8.42. The average Bonchev–Trinajstić information content (AvgIpc) is 2.50. The van der Waals surface area contributed by atoms with Gasteiger partial charge in [-0.05, 0) is 49.8 Å². The molecular weight excluding hydrogens is 232 g/mol. The van der Waals surface area contributed by atoms with Crippen molar-refractivity contribution >= 4 is 0 Å². The number of allylic oxidation sites excluding steroid dienone is 3. The van der Waals surface area contributed by atoms with Crippen molar-refractivity contribution < 1.29 is 0 Å². The third-order valence-electron chi connectivity index (χ3n) is 4.21. The second-order valence-corrected chi connectivity index (χ2v) is 6.38. The minimum atomic E-state index is 0.377. The number of nitrogens with one attached hydrogen (secondary N) is 2. The lowest BCUT2D eigenvalue weighted by Gasteiger charge is -2.27. The maximum atomic E-state index is 3.55. The van der Waals surface area contributed by atoms with Crippen molar-refractivity contribution in [2.24, 2.45) is 11.3 Å². The van der Waals surface area contributed by atoms with E-state index in [4.69, 9.17) is 0 Å². The highest BCUT2D eigenvalue weighted by Gasteiger charge is 2.24. The summed E-state index contributed by atoms with van der Waals surface area (Å²) in [6.45, 7) is 12.6. The molecule has 110 valence electrons. The molecule has 1 aliphatic rings. The predicted octanol–water partition coefficient (Wildman–Crippen LogP) is 3.86. The highest BCUT2D eigenvalue weighted by atomic mass is 14.9. The molecule has 19 heavy (non-hydrogen) atoms. The number of rotatable bonds is 8. The van der Waals surface area contributed by atoms with Gasteiger partial charge in [-0.1, -0.05) is 46.3 Å². The molecule has 0 amide bonds. The molecule has 0 saturated carbocycles. The lowest BCUT2D eigenvalue weighted by atomic mass is 9.78. The van der Waals surface area contributed by atoms with E-state index in [1.807, 2.05) is 0 Å². The summed E-state index contributed by atoms with van der Waals surface area (Å²) in [6.07, 6.45) is 11.8. The fourth-order valence-electron chi connectivity index (χ4n) is 2.14. The average molecular weight is 264 g/mol. The molecule has 1 aliphatic carbocycles. The quantitative estimate of drug-likeness (QED) is 0.650. The third kappa shape index (κ3) is 6.29. The van der Waals surface area contributed by atoms with Gasteiger partial charge in [0, 0.05) is 12.2 Å². The SMILES string of the molecule is CCCCNCCCNC1=CCC(C)(C)C(C)C=C1. The zero-order valence-electron chi connectivity index (χ0n) is 13.3. The van der Waals surface area contributed by atoms with Crippen LogP contribution in [0.25, 0.3) is 0 Å². The van der Waals surface area contributed by atoms with Crippen LogP contribution in [0.5, 0.6) is 0 Å². The highest BCUT2D eigenvalue weighted by Crippen LogP contribution is 2.34. The van der Waals surface area contributed by atoms with Gasteiger partial charge >= 0.3 is 0 Å². The summed E-state index contributed by atoms with van der Waals surface area (Å²) in [6, 6.07) is 0. The van der Waals surface area contributed by atoms with Crippen molar-refractivity contribution in [2.75, 3.05) is 19.6 Å². The van der Waals surface area contributed by atoms with Crippen LogP contribution in [0.2, 0.25) is 0 Å². The van der Waals surface area contributed by atoms with Gasteiger partial charge in [-0.25, -0.2) is 0 Å². The molecule has 1 atom stereocenters. The van der Waals surface area contributed by atoms with E-state index in [1.165, 1.54) is 25.0 Å². The molecule has 1 rings (SSSR count). The van der Waals surface area contributed by atoms with Gasteiger partial charge in [-0.3, -0.25) is 0 Å². The van der Waals surface area contributed by atoms with E-state index in [9.17, 15) is 0 Å². The monoisotopic (exact) mass is 264 g/mol. The van der Waals surface area contributed by atoms with Crippen LogP contribution in [-0.4, -0.2) is 19.6 Å². The molecule has 0 spiro atoms. The van der Waals surface area contributed by atoms with Gasteiger partial charge in [0.1, 0.15) is 0 Å². The molecule has 0 aromatic heterocycles. The van der Waals surface area contributed by atoms with Crippen LogP contribution in [0.4, 0.5) is 0 Å². The summed E-state index contributed by atoms with van der Waals surface area (Å²) in [5.41, 5.74) is 1.67. The van der Waals surface area contributed by atoms with Crippen LogP contribution in [0.1, 0.15) is 53.4 Å². The molecule has 2 N–H and O–H groups in total. The smallest absolute Gasteiger partial charge is 0.0296 e. The van der Waals surface area contributed by atoms with Crippen molar-refractivity contribution in [2.45, 2.75) is 53.4 Å². The van der Waals surface area contributed by atoms with E-state index in [-0.39, 0.29) is 0 Å². The number of unbranched alkanes of at least 4 members (excludes halogenated alkanes) is 1. The topological polar surface area (TPSA) is 24.1 Å². The van der Waals surface area contributed by atoms with E-state index in [0.717, 1.165) is 26.1 Å². The summed E-state index contributed by atoms with van der Waals surface area (Å²) in [4.78, 5) is 0. The Kier molecular flexibility index (Phi) is 7.22. The molecule has 0 aliphatic heterocycles. The molecule has 0 fully saturated rings. The standard InChI is InChI=1S/C17H32N2/c1-5-6-12-18-13-7-14-19-16-9-8-15(2)17(3,4)11-10-16/h8-10,15,18-19H,5-7,11-14H2,1-4H3. The molecule has 0 bridgehead atoms. The highest BCUT2D eigenvalue weighted by molar-refractivity contribution is 5.21. The third-order valence-corrected chi connectivity index (χ3v) is 4.21. The van der Waals surface area contributed by atoms with E-state index < -0.39 is 0 Å². The molecule has 0 aromatic carbocycles. The van der Waals surface area contributed by atoms with E-state index in [1.54, 1.807) is 0 Å². The van der Waals surface area contributed by atoms with Crippen LogP contribution >= 0.6 is 0 Å². The van der Waals surface area contributed by atoms with Gasteiger partial charge in [0.05, 0.1) is 0 Å². The van der Waals surface area contributed by atoms with Crippen molar-refractivity contribution in [1.82, 2.24) is 10.6 Å². The summed E-state index contributed by atoms with van der Waals surface area (Å²) in [7, 11) is 0. The lowest BCUT2D eigenvalue weighted by molar-refractivity contribution is 0.283. The molecule has 2 nitrogen and oxygen atoms in total. The van der Waals surface area contributed by atoms with Crippen molar-refractivity contribution in [1.29, 1.82) is 0 Å². The zero-order chi connectivity index (χ0) is 14.1. The zero-order valence-corrected chi connectivity index (χ0v) is 13.3. The van der Waals surface area contributed by atoms with Gasteiger partial charge in [0.2, 0.25) is 0 Å². The second-order valence-electron chi connectivity index (χ2n) is 6.38. The molecule has 1 unspecified atom stereocenters. The normalized spacial score (nSPS) is 21.9. The molecule has 0 heterocycles. The molecule has 0 radical (unpaired) electrons. The molecule has 0 aromatic rings. The molecule has 2 heteroatoms. The Hall–Kier alpha value is -0.760. The largest absolute Gasteiger partial charge is 0.385 e. The first kappa shape index (κ1) is 16.3. The maximum absolute atomic E-state index is 3.55. The first-order valence-corrected chi connectivity index (χ1v) is 7.89. The van der Waals surface area contributed by atoms with Crippen molar-refractivity contribution in [3.05, 3.63) is 23.9 Å².